The van der Waals surface area contributed by atoms with Gasteiger partial charge in [0.1, 0.15) is 29.7 Å². The summed E-state index contributed by atoms with van der Waals surface area (Å²) >= 11 is 6.01. The van der Waals surface area contributed by atoms with Gasteiger partial charge < -0.3 is 9.47 Å². The second-order valence-electron chi connectivity index (χ2n) is 10.1. The number of imide groups is 1. The minimum Gasteiger partial charge on any atom is -0.489 e. The van der Waals surface area contributed by atoms with Crippen molar-refractivity contribution in [2.45, 2.75) is 26.9 Å². The Bertz CT molecular complexity index is 1770. The van der Waals surface area contributed by atoms with Crippen LogP contribution in [0.2, 0.25) is 5.02 Å². The van der Waals surface area contributed by atoms with Crippen LogP contribution in [0.1, 0.15) is 31.4 Å². The fraction of sp³-hybridized carbons (Fsp3) is 0.200. The van der Waals surface area contributed by atoms with Gasteiger partial charge in [-0.3, -0.25) is 14.5 Å². The predicted molar refractivity (Wildman–Crippen MR) is 169 cm³/mol. The van der Waals surface area contributed by atoms with Gasteiger partial charge in [-0.05, 0) is 73.9 Å². The molecule has 0 bridgehead atoms. The molecule has 2 heterocycles. The first-order valence-electron chi connectivity index (χ1n) is 14.3. The summed E-state index contributed by atoms with van der Waals surface area (Å²) in [6, 6.07) is 26.7. The number of carbonyl (C=O) groups is 2. The van der Waals surface area contributed by atoms with Crippen LogP contribution in [-0.2, 0) is 20.9 Å². The molecule has 2 amide bonds. The number of para-hydroxylation sites is 1. The minimum atomic E-state index is -0.589. The number of halogens is 1. The fourth-order valence-electron chi connectivity index (χ4n) is 4.87. The SMILES string of the molecule is CCOCCCN1C(=O)C(C#N)=C(C)/C(=C\c2cn(-c3ccccc3)nc2-c2cccc(OCc3ccc(Cl)cc3)c2)C1=O. The van der Waals surface area contributed by atoms with Gasteiger partial charge in [-0.1, -0.05) is 54.1 Å². The standard InChI is InChI=1S/C35H31ClN4O4/c1-3-43-18-8-17-39-34(41)31(24(2)32(21-37)35(39)42)20-27-22-40(29-10-5-4-6-11-29)38-33(27)26-9-7-12-30(19-26)44-23-25-13-15-28(36)16-14-25/h4-7,9-16,19-20,22H,3,8,17-18,23H2,1-2H3/b31-20+. The normalized spacial score (nSPS) is 14.3. The predicted octanol–water partition coefficient (Wildman–Crippen LogP) is 6.79. The van der Waals surface area contributed by atoms with Crippen LogP contribution in [0.3, 0.4) is 0 Å². The Labute approximate surface area is 261 Å². The molecule has 5 rings (SSSR count). The number of hydrogen-bond acceptors (Lipinski definition) is 6. The van der Waals surface area contributed by atoms with Gasteiger partial charge in [0, 0.05) is 47.7 Å². The van der Waals surface area contributed by atoms with Crippen molar-refractivity contribution in [3.05, 3.63) is 118 Å². The van der Waals surface area contributed by atoms with Gasteiger partial charge in [-0.25, -0.2) is 4.68 Å². The first-order chi connectivity index (χ1) is 21.4. The van der Waals surface area contributed by atoms with Crippen LogP contribution in [-0.4, -0.2) is 46.3 Å². The highest BCUT2D eigenvalue weighted by Gasteiger charge is 2.35. The molecule has 0 atom stereocenters. The molecule has 4 aromatic rings. The van der Waals surface area contributed by atoms with Crippen molar-refractivity contribution in [2.75, 3.05) is 19.8 Å². The molecule has 0 unspecified atom stereocenters. The average Bonchev–Trinajstić information content (AvgIpc) is 3.47. The summed E-state index contributed by atoms with van der Waals surface area (Å²) < 4.78 is 13.2. The molecule has 0 saturated carbocycles. The zero-order valence-corrected chi connectivity index (χ0v) is 25.3. The lowest BCUT2D eigenvalue weighted by molar-refractivity contribution is -0.140. The lowest BCUT2D eigenvalue weighted by Gasteiger charge is -2.27. The van der Waals surface area contributed by atoms with Crippen LogP contribution in [0.25, 0.3) is 23.0 Å². The maximum absolute atomic E-state index is 13.7. The molecule has 0 radical (unpaired) electrons. The van der Waals surface area contributed by atoms with Crippen molar-refractivity contribution in [1.82, 2.24) is 14.7 Å². The van der Waals surface area contributed by atoms with Gasteiger partial charge in [0.2, 0.25) is 0 Å². The third kappa shape index (κ3) is 6.81. The molecule has 0 spiro atoms. The number of aromatic nitrogens is 2. The summed E-state index contributed by atoms with van der Waals surface area (Å²) in [5, 5.41) is 15.4. The molecule has 1 aliphatic heterocycles. The maximum atomic E-state index is 13.7. The van der Waals surface area contributed by atoms with Gasteiger partial charge in [-0.15, -0.1) is 0 Å². The van der Waals surface area contributed by atoms with Crippen LogP contribution in [0.5, 0.6) is 5.75 Å². The molecule has 1 aromatic heterocycles. The highest BCUT2D eigenvalue weighted by Crippen LogP contribution is 2.32. The number of ether oxygens (including phenoxy) is 2. The third-order valence-corrected chi connectivity index (χ3v) is 7.44. The van der Waals surface area contributed by atoms with E-state index in [1.54, 1.807) is 17.7 Å². The van der Waals surface area contributed by atoms with Gasteiger partial charge in [0.05, 0.1) is 5.69 Å². The topological polar surface area (TPSA) is 97.5 Å². The first kappa shape index (κ1) is 30.5. The fourth-order valence-corrected chi connectivity index (χ4v) is 4.99. The van der Waals surface area contributed by atoms with E-state index in [0.29, 0.717) is 53.8 Å². The average molecular weight is 607 g/mol. The summed E-state index contributed by atoms with van der Waals surface area (Å²) in [5.74, 6) is -0.399. The van der Waals surface area contributed by atoms with E-state index >= 15 is 0 Å². The molecule has 0 N–H and O–H groups in total. The molecule has 9 heteroatoms. The van der Waals surface area contributed by atoms with Crippen LogP contribution < -0.4 is 4.74 Å². The number of rotatable bonds is 11. The van der Waals surface area contributed by atoms with Gasteiger partial charge in [0.15, 0.2) is 0 Å². The zero-order chi connectivity index (χ0) is 31.1. The van der Waals surface area contributed by atoms with E-state index in [4.69, 9.17) is 26.2 Å². The quantitative estimate of drug-likeness (QED) is 0.106. The zero-order valence-electron chi connectivity index (χ0n) is 24.5. The van der Waals surface area contributed by atoms with E-state index in [9.17, 15) is 14.9 Å². The summed E-state index contributed by atoms with van der Waals surface area (Å²) in [5.41, 5.74) is 4.39. The molecule has 44 heavy (non-hydrogen) atoms. The second-order valence-corrected chi connectivity index (χ2v) is 10.6. The molecule has 3 aromatic carbocycles. The van der Waals surface area contributed by atoms with Crippen LogP contribution in [0, 0.1) is 11.3 Å². The lowest BCUT2D eigenvalue weighted by Crippen LogP contribution is -2.43. The Morgan fingerprint density at radius 3 is 2.50 bits per heavy atom. The van der Waals surface area contributed by atoms with E-state index in [0.717, 1.165) is 21.7 Å². The van der Waals surface area contributed by atoms with E-state index < -0.39 is 11.8 Å². The Kier molecular flexibility index (Phi) is 9.70. The lowest BCUT2D eigenvalue weighted by atomic mass is 9.93. The van der Waals surface area contributed by atoms with Crippen LogP contribution in [0.15, 0.2) is 102 Å². The second kappa shape index (κ2) is 14.0. The molecule has 0 fully saturated rings. The summed E-state index contributed by atoms with van der Waals surface area (Å²) in [6.07, 6.45) is 4.01. The highest BCUT2D eigenvalue weighted by atomic mass is 35.5. The van der Waals surface area contributed by atoms with Crippen LogP contribution >= 0.6 is 11.6 Å². The molecule has 222 valence electrons. The smallest absolute Gasteiger partial charge is 0.271 e. The third-order valence-electron chi connectivity index (χ3n) is 7.19. The molecular formula is C35H31ClN4O4. The Hall–Kier alpha value is -4.97. The Morgan fingerprint density at radius 2 is 1.77 bits per heavy atom. The van der Waals surface area contributed by atoms with Crippen molar-refractivity contribution in [2.24, 2.45) is 0 Å². The molecular weight excluding hydrogens is 576 g/mol. The number of amides is 2. The van der Waals surface area contributed by atoms with E-state index in [-0.39, 0.29) is 17.7 Å². The number of carbonyl (C=O) groups excluding carboxylic acids is 2. The molecule has 1 aliphatic rings. The van der Waals surface area contributed by atoms with Gasteiger partial charge in [0.25, 0.3) is 11.8 Å². The van der Waals surface area contributed by atoms with Crippen LogP contribution in [0.4, 0.5) is 0 Å². The molecule has 8 nitrogen and oxygen atoms in total. The van der Waals surface area contributed by atoms with Gasteiger partial charge in [-0.2, -0.15) is 10.4 Å². The van der Waals surface area contributed by atoms with Crippen molar-refractivity contribution >= 4 is 29.5 Å². The van der Waals surface area contributed by atoms with Crippen molar-refractivity contribution in [1.29, 1.82) is 5.26 Å². The first-order valence-corrected chi connectivity index (χ1v) is 14.7. The number of benzene rings is 3. The van der Waals surface area contributed by atoms with Crippen molar-refractivity contribution in [3.8, 4) is 28.8 Å². The number of nitriles is 1. The minimum absolute atomic E-state index is 0.0538. The van der Waals surface area contributed by atoms with E-state index in [1.165, 1.54) is 0 Å². The van der Waals surface area contributed by atoms with Gasteiger partial charge >= 0.3 is 0 Å². The number of hydrogen-bond donors (Lipinski definition) is 0. The monoisotopic (exact) mass is 606 g/mol. The Balaban J connectivity index is 1.54. The van der Waals surface area contributed by atoms with Crippen molar-refractivity contribution < 1.29 is 19.1 Å². The Morgan fingerprint density at radius 1 is 1.00 bits per heavy atom. The van der Waals surface area contributed by atoms with E-state index in [1.807, 2.05) is 98.1 Å². The largest absolute Gasteiger partial charge is 0.489 e. The number of nitrogens with zero attached hydrogens (tertiary/aromatic N) is 4. The summed E-state index contributed by atoms with van der Waals surface area (Å²) in [7, 11) is 0. The molecule has 0 saturated heterocycles. The molecule has 0 aliphatic carbocycles. The maximum Gasteiger partial charge on any atom is 0.271 e. The summed E-state index contributed by atoms with van der Waals surface area (Å²) in [4.78, 5) is 27.9. The van der Waals surface area contributed by atoms with Crippen molar-refractivity contribution in [3.63, 3.8) is 0 Å². The summed E-state index contributed by atoms with van der Waals surface area (Å²) in [6.45, 7) is 4.96. The van der Waals surface area contributed by atoms with E-state index in [2.05, 4.69) is 0 Å². The highest BCUT2D eigenvalue weighted by molar-refractivity contribution is 6.30.